The molecule has 0 saturated carbocycles. The lowest BCUT2D eigenvalue weighted by atomic mass is 10.1. The van der Waals surface area contributed by atoms with Gasteiger partial charge in [-0.25, -0.2) is 19.6 Å². The Balaban J connectivity index is 0.000000293. The van der Waals surface area contributed by atoms with Crippen LogP contribution in [0.2, 0.25) is 0 Å². The van der Waals surface area contributed by atoms with E-state index in [2.05, 4.69) is 67.7 Å². The maximum atomic E-state index is 9.55. The molecule has 11 heteroatoms. The van der Waals surface area contributed by atoms with Gasteiger partial charge in [-0.3, -0.25) is 0 Å². The Kier molecular flexibility index (Phi) is 7.38. The molecular weight excluding hydrogens is 515 g/mol. The predicted molar refractivity (Wildman–Crippen MR) is 123 cm³/mol. The number of hydrogen-bond acceptors (Lipinski definition) is 7. The first-order valence-electron chi connectivity index (χ1n) is 9.60. The van der Waals surface area contributed by atoms with Gasteiger partial charge < -0.3 is 20.0 Å². The zero-order valence-electron chi connectivity index (χ0n) is 17.2. The number of hydrogen-bond donors (Lipinski definition) is 2. The van der Waals surface area contributed by atoms with Gasteiger partial charge in [0.05, 0.1) is 5.69 Å². The molecule has 31 heavy (non-hydrogen) atoms. The fourth-order valence-corrected chi connectivity index (χ4v) is 3.68. The number of nitrogens with zero attached hydrogens (tertiary/aromatic N) is 6. The Morgan fingerprint density at radius 2 is 1.74 bits per heavy atom. The van der Waals surface area contributed by atoms with Crippen molar-refractivity contribution in [3.8, 4) is 0 Å². The highest BCUT2D eigenvalue weighted by Crippen LogP contribution is 2.28. The van der Waals surface area contributed by atoms with Crippen molar-refractivity contribution in [2.45, 2.75) is 13.3 Å². The number of rotatable bonds is 2. The predicted octanol–water partition coefficient (Wildman–Crippen LogP) is 1.59. The molecule has 164 valence electrons. The van der Waals surface area contributed by atoms with Crippen LogP contribution in [0.3, 0.4) is 0 Å². The maximum Gasteiger partial charge on any atom is 0.328 e. The highest BCUT2D eigenvalue weighted by Gasteiger charge is 2.25. The number of piperazine rings is 1. The standard InChI is InChI=1S/C16H19IN6.C4H4O4/c1-11-18-15-9-12-3-4-13(17)10-14(12)19-16(23(15)20-11)22-7-5-21(2)6-8-22;5-3(6)1-2-4(7)8/h3-4,10H,5-9H2,1-2H3;1-2H,(H,5,6)(H,7,8). The van der Waals surface area contributed by atoms with Crippen molar-refractivity contribution in [2.75, 3.05) is 33.2 Å². The molecule has 3 heterocycles. The molecule has 10 nitrogen and oxygen atoms in total. The Morgan fingerprint density at radius 3 is 2.35 bits per heavy atom. The number of aryl methyl sites for hydroxylation is 1. The number of carbonyl (C=O) groups is 2. The first-order valence-corrected chi connectivity index (χ1v) is 10.7. The number of fused-ring (bicyclic) bond motifs is 2. The van der Waals surface area contributed by atoms with Crippen LogP contribution in [-0.4, -0.2) is 85.9 Å². The number of benzene rings is 1. The van der Waals surface area contributed by atoms with Gasteiger partial charge in [0.25, 0.3) is 0 Å². The van der Waals surface area contributed by atoms with Crippen LogP contribution in [0.25, 0.3) is 0 Å². The van der Waals surface area contributed by atoms with Crippen LogP contribution >= 0.6 is 22.6 Å². The highest BCUT2D eigenvalue weighted by atomic mass is 127. The monoisotopic (exact) mass is 538 g/mol. The third-order valence-corrected chi connectivity index (χ3v) is 5.41. The molecule has 1 aromatic heterocycles. The van der Waals surface area contributed by atoms with Gasteiger partial charge in [0.15, 0.2) is 0 Å². The molecule has 4 rings (SSSR count). The summed E-state index contributed by atoms with van der Waals surface area (Å²) in [6.07, 6.45) is 1.89. The summed E-state index contributed by atoms with van der Waals surface area (Å²) in [5.74, 6) is 0.171. The largest absolute Gasteiger partial charge is 0.478 e. The molecule has 2 N–H and O–H groups in total. The molecule has 2 aromatic rings. The Labute approximate surface area is 193 Å². The lowest BCUT2D eigenvalue weighted by Gasteiger charge is -2.34. The number of likely N-dealkylation sites (N-methyl/N-ethyl adjacent to an activating group) is 1. The lowest BCUT2D eigenvalue weighted by molar-refractivity contribution is -0.134. The van der Waals surface area contributed by atoms with Crippen LogP contribution in [0.4, 0.5) is 5.69 Å². The maximum absolute atomic E-state index is 9.55. The number of aromatic nitrogens is 3. The van der Waals surface area contributed by atoms with E-state index in [9.17, 15) is 9.59 Å². The summed E-state index contributed by atoms with van der Waals surface area (Å²) in [7, 11) is 2.16. The summed E-state index contributed by atoms with van der Waals surface area (Å²) >= 11 is 2.34. The minimum atomic E-state index is -1.26. The fourth-order valence-electron chi connectivity index (χ4n) is 3.20. The molecule has 0 unspecified atom stereocenters. The number of aliphatic carboxylic acids is 2. The van der Waals surface area contributed by atoms with Crippen molar-refractivity contribution < 1.29 is 19.8 Å². The number of carboxylic acid groups (broad SMARTS) is 2. The third kappa shape index (κ3) is 6.10. The molecule has 1 fully saturated rings. The van der Waals surface area contributed by atoms with Gasteiger partial charge in [-0.1, -0.05) is 6.07 Å². The Morgan fingerprint density at radius 1 is 1.10 bits per heavy atom. The molecule has 0 spiro atoms. The van der Waals surface area contributed by atoms with E-state index >= 15 is 0 Å². The van der Waals surface area contributed by atoms with Gasteiger partial charge >= 0.3 is 11.9 Å². The van der Waals surface area contributed by atoms with Crippen LogP contribution in [0.1, 0.15) is 17.2 Å². The molecule has 2 aliphatic heterocycles. The van der Waals surface area contributed by atoms with Crippen molar-refractivity contribution in [1.82, 2.24) is 24.6 Å². The second-order valence-electron chi connectivity index (χ2n) is 7.15. The molecule has 1 aromatic carbocycles. The van der Waals surface area contributed by atoms with Gasteiger partial charge in [-0.15, -0.1) is 5.10 Å². The van der Waals surface area contributed by atoms with Crippen molar-refractivity contribution >= 4 is 46.2 Å². The summed E-state index contributed by atoms with van der Waals surface area (Å²) in [5.41, 5.74) is 2.25. The molecule has 1 saturated heterocycles. The summed E-state index contributed by atoms with van der Waals surface area (Å²) in [5, 5.41) is 20.2. The molecular formula is C20H23IN6O4. The summed E-state index contributed by atoms with van der Waals surface area (Å²) < 4.78 is 3.14. The van der Waals surface area contributed by atoms with E-state index in [0.717, 1.165) is 55.9 Å². The average molecular weight is 538 g/mol. The van der Waals surface area contributed by atoms with Crippen LogP contribution in [-0.2, 0) is 16.0 Å². The molecule has 0 atom stereocenters. The fraction of sp³-hybridized carbons (Fsp3) is 0.350. The van der Waals surface area contributed by atoms with Gasteiger partial charge in [-0.05, 0) is 54.3 Å². The van der Waals surface area contributed by atoms with Crippen LogP contribution in [0.15, 0.2) is 35.3 Å². The highest BCUT2D eigenvalue weighted by molar-refractivity contribution is 14.1. The lowest BCUT2D eigenvalue weighted by Crippen LogP contribution is -2.49. The van der Waals surface area contributed by atoms with Crippen molar-refractivity contribution in [3.05, 3.63) is 51.1 Å². The number of halogens is 1. The SMILES string of the molecule is Cc1nc2n(n1)C(N1CCN(C)CC1)=Nc1cc(I)ccc1C2.O=C(O)C=CC(=O)O. The van der Waals surface area contributed by atoms with Crippen LogP contribution < -0.4 is 0 Å². The smallest absolute Gasteiger partial charge is 0.328 e. The van der Waals surface area contributed by atoms with E-state index in [1.807, 2.05) is 11.6 Å². The van der Waals surface area contributed by atoms with Gasteiger partial charge in [0.1, 0.15) is 11.6 Å². The van der Waals surface area contributed by atoms with Crippen LogP contribution in [0.5, 0.6) is 0 Å². The van der Waals surface area contributed by atoms with E-state index in [1.54, 1.807) is 0 Å². The third-order valence-electron chi connectivity index (χ3n) is 4.74. The molecule has 0 aliphatic carbocycles. The zero-order valence-corrected chi connectivity index (χ0v) is 19.4. The first-order chi connectivity index (χ1) is 14.7. The minimum absolute atomic E-state index is 0.558. The Bertz CT molecular complexity index is 1020. The second kappa shape index (κ2) is 10.0. The number of aliphatic imine (C=N–C) groups is 1. The molecule has 0 radical (unpaired) electrons. The van der Waals surface area contributed by atoms with E-state index in [-0.39, 0.29) is 0 Å². The number of carboxylic acids is 2. The molecule has 2 aliphatic rings. The minimum Gasteiger partial charge on any atom is -0.478 e. The summed E-state index contributed by atoms with van der Waals surface area (Å²) in [6.45, 7) is 5.96. The second-order valence-corrected chi connectivity index (χ2v) is 8.39. The normalized spacial score (nSPS) is 16.0. The van der Waals surface area contributed by atoms with E-state index in [0.29, 0.717) is 12.2 Å². The van der Waals surface area contributed by atoms with Crippen molar-refractivity contribution in [1.29, 1.82) is 0 Å². The van der Waals surface area contributed by atoms with Crippen LogP contribution in [0, 0.1) is 10.5 Å². The topological polar surface area (TPSA) is 124 Å². The average Bonchev–Trinajstić information content (AvgIpc) is 3.00. The zero-order chi connectivity index (χ0) is 22.5. The van der Waals surface area contributed by atoms with Crippen molar-refractivity contribution in [2.24, 2.45) is 4.99 Å². The first kappa shape index (κ1) is 22.9. The van der Waals surface area contributed by atoms with E-state index in [4.69, 9.17) is 15.2 Å². The van der Waals surface area contributed by atoms with Gasteiger partial charge in [-0.2, -0.15) is 4.68 Å². The van der Waals surface area contributed by atoms with Crippen molar-refractivity contribution in [3.63, 3.8) is 0 Å². The van der Waals surface area contributed by atoms with Gasteiger partial charge in [0.2, 0.25) is 5.96 Å². The summed E-state index contributed by atoms with van der Waals surface area (Å²) in [6, 6.07) is 6.43. The molecule has 0 bridgehead atoms. The quantitative estimate of drug-likeness (QED) is 0.437. The Hall–Kier alpha value is -2.80. The summed E-state index contributed by atoms with van der Waals surface area (Å²) in [4.78, 5) is 33.4. The van der Waals surface area contributed by atoms with E-state index < -0.39 is 11.9 Å². The molecule has 0 amide bonds. The van der Waals surface area contributed by atoms with E-state index in [1.165, 1.54) is 9.13 Å². The van der Waals surface area contributed by atoms with Gasteiger partial charge in [0, 0.05) is 48.3 Å².